The number of aliphatic hydroxyl groups is 1. The molecule has 1 aromatic carbocycles. The van der Waals surface area contributed by atoms with E-state index in [0.717, 1.165) is 6.26 Å². The minimum atomic E-state index is -3.82. The summed E-state index contributed by atoms with van der Waals surface area (Å²) in [7, 11) is -3.82. The van der Waals surface area contributed by atoms with Gasteiger partial charge in [0.1, 0.15) is 11.0 Å². The summed E-state index contributed by atoms with van der Waals surface area (Å²) in [6.07, 6.45) is 1.56. The third-order valence-corrected chi connectivity index (χ3v) is 6.20. The molecule has 25 heavy (non-hydrogen) atoms. The lowest BCUT2D eigenvalue weighted by Gasteiger charge is -2.45. The number of hydrogen-bond donors (Lipinski definition) is 2. The van der Waals surface area contributed by atoms with Crippen molar-refractivity contribution in [1.82, 2.24) is 0 Å². The highest BCUT2D eigenvalue weighted by Gasteiger charge is 2.67. The quantitative estimate of drug-likeness (QED) is 0.723. The molecule has 0 spiro atoms. The lowest BCUT2D eigenvalue weighted by atomic mass is 9.64. The zero-order valence-corrected chi connectivity index (χ0v) is 16.0. The van der Waals surface area contributed by atoms with Crippen LogP contribution in [0.25, 0.3) is 0 Å². The molecule has 0 bridgehead atoms. The fraction of sp³-hybridized carbons (Fsp3) is 0.588. The molecule has 8 heteroatoms. The Morgan fingerprint density at radius 3 is 2.28 bits per heavy atom. The van der Waals surface area contributed by atoms with Gasteiger partial charge in [0.15, 0.2) is 0 Å². The predicted octanol–water partition coefficient (Wildman–Crippen LogP) is 2.48. The van der Waals surface area contributed by atoms with Crippen molar-refractivity contribution >= 4 is 27.7 Å². The van der Waals surface area contributed by atoms with E-state index in [1.165, 1.54) is 0 Å². The van der Waals surface area contributed by atoms with E-state index in [1.807, 2.05) is 0 Å². The molecule has 1 aliphatic carbocycles. The van der Waals surface area contributed by atoms with Crippen LogP contribution in [0.3, 0.4) is 0 Å². The molecular weight excluding hydrogens is 368 g/mol. The Kier molecular flexibility index (Phi) is 5.27. The number of carboxylic acids is 1. The van der Waals surface area contributed by atoms with Crippen molar-refractivity contribution in [3.05, 3.63) is 34.9 Å². The molecule has 0 heterocycles. The summed E-state index contributed by atoms with van der Waals surface area (Å²) < 4.78 is 27.7. The molecule has 0 aliphatic heterocycles. The zero-order valence-electron chi connectivity index (χ0n) is 14.5. The molecule has 0 amide bonds. The minimum Gasteiger partial charge on any atom is -0.481 e. The van der Waals surface area contributed by atoms with Crippen molar-refractivity contribution in [3.63, 3.8) is 0 Å². The average Bonchev–Trinajstić information content (AvgIpc) is 2.69. The van der Waals surface area contributed by atoms with Crippen molar-refractivity contribution in [2.45, 2.75) is 38.7 Å². The number of carbonyl (C=O) groups is 1. The third kappa shape index (κ3) is 3.69. The Bertz CT molecular complexity index is 758. The third-order valence-electron chi connectivity index (χ3n) is 5.40. The molecule has 6 nitrogen and oxygen atoms in total. The van der Waals surface area contributed by atoms with Gasteiger partial charge in [-0.1, -0.05) is 37.6 Å². The molecule has 2 atom stereocenters. The van der Waals surface area contributed by atoms with Crippen LogP contribution >= 0.6 is 11.6 Å². The summed E-state index contributed by atoms with van der Waals surface area (Å²) in [6.45, 7) is 2.86. The number of rotatable bonds is 6. The van der Waals surface area contributed by atoms with E-state index in [4.69, 9.17) is 15.8 Å². The maximum atomic E-state index is 12.2. The number of aliphatic carboxylic acids is 1. The molecule has 1 fully saturated rings. The number of hydrogen-bond acceptors (Lipinski definition) is 5. The zero-order chi connectivity index (χ0) is 19.1. The molecule has 140 valence electrons. The van der Waals surface area contributed by atoms with Crippen molar-refractivity contribution in [2.75, 3.05) is 12.9 Å². The number of carboxylic acid groups (broad SMARTS) is 1. The van der Waals surface area contributed by atoms with E-state index >= 15 is 0 Å². The lowest BCUT2D eigenvalue weighted by Crippen LogP contribution is -2.60. The van der Waals surface area contributed by atoms with Gasteiger partial charge >= 0.3 is 5.97 Å². The highest BCUT2D eigenvalue weighted by molar-refractivity contribution is 7.85. The Balaban J connectivity index is 2.49. The van der Waals surface area contributed by atoms with Crippen LogP contribution in [0.5, 0.6) is 0 Å². The summed E-state index contributed by atoms with van der Waals surface area (Å²) in [6, 6.07) is 6.71. The van der Waals surface area contributed by atoms with Gasteiger partial charge in [0, 0.05) is 5.02 Å². The molecule has 0 saturated heterocycles. The van der Waals surface area contributed by atoms with Crippen LogP contribution in [0.4, 0.5) is 0 Å². The molecule has 0 radical (unpaired) electrons. The maximum absolute atomic E-state index is 12.2. The van der Waals surface area contributed by atoms with Gasteiger partial charge in [0.25, 0.3) is 10.1 Å². The lowest BCUT2D eigenvalue weighted by molar-refractivity contribution is -0.183. The monoisotopic (exact) mass is 390 g/mol. The van der Waals surface area contributed by atoms with Gasteiger partial charge in [-0.05, 0) is 42.4 Å². The van der Waals surface area contributed by atoms with E-state index in [-0.39, 0.29) is 12.8 Å². The van der Waals surface area contributed by atoms with Crippen LogP contribution in [-0.4, -0.2) is 43.1 Å². The van der Waals surface area contributed by atoms with Crippen molar-refractivity contribution in [2.24, 2.45) is 10.8 Å². The highest BCUT2D eigenvalue weighted by atomic mass is 35.5. The SMILES string of the molecule is CC1(C)CCC(Cc2ccc(Cl)cc2)(C(=O)O)C1(O)COS(C)(=O)=O. The van der Waals surface area contributed by atoms with Crippen LogP contribution in [0, 0.1) is 10.8 Å². The summed E-state index contributed by atoms with van der Waals surface area (Å²) in [4.78, 5) is 12.2. The van der Waals surface area contributed by atoms with Crippen molar-refractivity contribution < 1.29 is 27.6 Å². The summed E-state index contributed by atoms with van der Waals surface area (Å²) in [5.41, 5.74) is -3.55. The Morgan fingerprint density at radius 1 is 1.24 bits per heavy atom. The second-order valence-electron chi connectivity index (χ2n) is 7.40. The Morgan fingerprint density at radius 2 is 1.80 bits per heavy atom. The normalized spacial score (nSPS) is 28.8. The smallest absolute Gasteiger partial charge is 0.313 e. The van der Waals surface area contributed by atoms with E-state index in [2.05, 4.69) is 0 Å². The van der Waals surface area contributed by atoms with E-state index in [9.17, 15) is 23.4 Å². The first-order valence-corrected chi connectivity index (χ1v) is 10.1. The Hall–Kier alpha value is -1.15. The average molecular weight is 391 g/mol. The summed E-state index contributed by atoms with van der Waals surface area (Å²) in [5, 5.41) is 21.9. The standard InChI is InChI=1S/C17H23ClO6S/c1-15(2)8-9-16(14(19)20,10-12-4-6-13(18)7-5-12)17(15,21)11-24-25(3,22)23/h4-7,21H,8-11H2,1-3H3,(H,19,20). The number of halogens is 1. The molecule has 0 aromatic heterocycles. The molecule has 1 saturated carbocycles. The second kappa shape index (κ2) is 6.54. The van der Waals surface area contributed by atoms with Crippen LogP contribution < -0.4 is 0 Å². The largest absolute Gasteiger partial charge is 0.481 e. The van der Waals surface area contributed by atoms with Gasteiger partial charge < -0.3 is 10.2 Å². The van der Waals surface area contributed by atoms with E-state index in [1.54, 1.807) is 38.1 Å². The second-order valence-corrected chi connectivity index (χ2v) is 9.48. The van der Waals surface area contributed by atoms with Gasteiger partial charge in [0.05, 0.1) is 12.9 Å². The first kappa shape index (κ1) is 20.2. The van der Waals surface area contributed by atoms with Gasteiger partial charge in [-0.25, -0.2) is 0 Å². The summed E-state index contributed by atoms with van der Waals surface area (Å²) >= 11 is 5.87. The van der Waals surface area contributed by atoms with Gasteiger partial charge in [-0.2, -0.15) is 8.42 Å². The Labute approximate surface area is 152 Å². The van der Waals surface area contributed by atoms with Crippen LogP contribution in [0.1, 0.15) is 32.3 Å². The van der Waals surface area contributed by atoms with Crippen molar-refractivity contribution in [3.8, 4) is 0 Å². The topological polar surface area (TPSA) is 101 Å². The van der Waals surface area contributed by atoms with Crippen molar-refractivity contribution in [1.29, 1.82) is 0 Å². The van der Waals surface area contributed by atoms with Crippen LogP contribution in [-0.2, 0) is 25.5 Å². The fourth-order valence-corrected chi connectivity index (χ4v) is 4.17. The predicted molar refractivity (Wildman–Crippen MR) is 94.0 cm³/mol. The van der Waals surface area contributed by atoms with Crippen LogP contribution in [0.15, 0.2) is 24.3 Å². The highest BCUT2D eigenvalue weighted by Crippen LogP contribution is 2.58. The van der Waals surface area contributed by atoms with E-state index in [0.29, 0.717) is 17.0 Å². The van der Waals surface area contributed by atoms with E-state index < -0.39 is 39.1 Å². The summed E-state index contributed by atoms with van der Waals surface area (Å²) in [5.74, 6) is -1.17. The molecule has 2 rings (SSSR count). The number of benzene rings is 1. The first-order chi connectivity index (χ1) is 11.3. The molecule has 1 aromatic rings. The molecule has 1 aliphatic rings. The fourth-order valence-electron chi connectivity index (χ4n) is 3.66. The minimum absolute atomic E-state index is 0.0482. The van der Waals surface area contributed by atoms with Gasteiger partial charge in [-0.3, -0.25) is 8.98 Å². The molecule has 2 N–H and O–H groups in total. The maximum Gasteiger partial charge on any atom is 0.313 e. The molecule has 2 unspecified atom stereocenters. The van der Waals surface area contributed by atoms with Gasteiger partial charge in [-0.15, -0.1) is 0 Å². The van der Waals surface area contributed by atoms with Crippen LogP contribution in [0.2, 0.25) is 5.02 Å². The molecular formula is C17H23ClO6S. The van der Waals surface area contributed by atoms with Gasteiger partial charge in [0.2, 0.25) is 0 Å². The first-order valence-electron chi connectivity index (χ1n) is 7.88.